The predicted octanol–water partition coefficient (Wildman–Crippen LogP) is 3.10. The molecule has 114 valence electrons. The second-order valence-corrected chi connectivity index (χ2v) is 6.36. The molecule has 1 atom stereocenters. The van der Waals surface area contributed by atoms with Crippen molar-refractivity contribution in [3.63, 3.8) is 0 Å². The number of benzene rings is 1. The van der Waals surface area contributed by atoms with Crippen molar-refractivity contribution < 1.29 is 0 Å². The predicted molar refractivity (Wildman–Crippen MR) is 88.5 cm³/mol. The quantitative estimate of drug-likeness (QED) is 0.786. The molecule has 0 bridgehead atoms. The minimum absolute atomic E-state index is 0.161. The van der Waals surface area contributed by atoms with Gasteiger partial charge in [0.2, 0.25) is 0 Å². The molecule has 0 radical (unpaired) electrons. The average Bonchev–Trinajstić information content (AvgIpc) is 3.14. The highest BCUT2D eigenvalue weighted by Crippen LogP contribution is 2.22. The van der Waals surface area contributed by atoms with Gasteiger partial charge >= 0.3 is 0 Å². The molecule has 1 aromatic carbocycles. The number of aromatic nitrogens is 4. The number of hydrogen-bond acceptors (Lipinski definition) is 5. The maximum atomic E-state index is 4.51. The zero-order valence-corrected chi connectivity index (χ0v) is 13.8. The molecule has 0 saturated heterocycles. The van der Waals surface area contributed by atoms with Crippen molar-refractivity contribution in [3.8, 4) is 11.3 Å². The van der Waals surface area contributed by atoms with Gasteiger partial charge in [-0.15, -0.1) is 11.3 Å². The molecule has 0 aliphatic heterocycles. The van der Waals surface area contributed by atoms with Gasteiger partial charge in [0.1, 0.15) is 12.2 Å². The summed E-state index contributed by atoms with van der Waals surface area (Å²) in [4.78, 5) is 8.78. The maximum Gasteiger partial charge on any atom is 0.143 e. The van der Waals surface area contributed by atoms with Crippen molar-refractivity contribution in [2.45, 2.75) is 26.4 Å². The first-order valence-corrected chi connectivity index (χ1v) is 8.10. The lowest BCUT2D eigenvalue weighted by Gasteiger charge is -2.13. The van der Waals surface area contributed by atoms with Gasteiger partial charge in [0.25, 0.3) is 0 Å². The van der Waals surface area contributed by atoms with E-state index in [1.165, 1.54) is 5.56 Å². The third-order valence-electron chi connectivity index (χ3n) is 3.61. The van der Waals surface area contributed by atoms with E-state index in [0.717, 1.165) is 28.6 Å². The van der Waals surface area contributed by atoms with Gasteiger partial charge < -0.3 is 5.32 Å². The van der Waals surface area contributed by atoms with E-state index >= 15 is 0 Å². The van der Waals surface area contributed by atoms with Gasteiger partial charge in [-0.25, -0.2) is 9.97 Å². The Morgan fingerprint density at radius 2 is 2.05 bits per heavy atom. The maximum absolute atomic E-state index is 4.51. The summed E-state index contributed by atoms with van der Waals surface area (Å²) in [5.41, 5.74) is 3.45. The first-order chi connectivity index (χ1) is 10.6. The van der Waals surface area contributed by atoms with E-state index in [1.54, 1.807) is 22.3 Å². The zero-order chi connectivity index (χ0) is 15.5. The van der Waals surface area contributed by atoms with E-state index in [0.29, 0.717) is 0 Å². The van der Waals surface area contributed by atoms with Crippen LogP contribution in [0.2, 0.25) is 0 Å². The summed E-state index contributed by atoms with van der Waals surface area (Å²) in [5.74, 6) is 0.939. The zero-order valence-electron chi connectivity index (χ0n) is 12.9. The van der Waals surface area contributed by atoms with Gasteiger partial charge in [0, 0.05) is 24.5 Å². The lowest BCUT2D eigenvalue weighted by molar-refractivity contribution is 0.517. The van der Waals surface area contributed by atoms with Gasteiger partial charge in [-0.2, -0.15) is 5.10 Å². The summed E-state index contributed by atoms with van der Waals surface area (Å²) in [6, 6.07) is 8.69. The lowest BCUT2D eigenvalue weighted by atomic mass is 10.1. The summed E-state index contributed by atoms with van der Waals surface area (Å²) in [7, 11) is 1.91. The molecule has 0 spiro atoms. The summed E-state index contributed by atoms with van der Waals surface area (Å²) in [6.45, 7) is 4.92. The van der Waals surface area contributed by atoms with Crippen LogP contribution in [-0.2, 0) is 13.6 Å². The Morgan fingerprint density at radius 3 is 2.64 bits per heavy atom. The number of aryl methyl sites for hydroxylation is 2. The van der Waals surface area contributed by atoms with Crippen molar-refractivity contribution in [2.24, 2.45) is 7.05 Å². The molecular formula is C16H19N5S. The van der Waals surface area contributed by atoms with Crippen LogP contribution in [0.15, 0.2) is 36.0 Å². The first-order valence-electron chi connectivity index (χ1n) is 7.22. The van der Waals surface area contributed by atoms with Crippen LogP contribution in [0.4, 0.5) is 0 Å². The molecule has 0 saturated carbocycles. The van der Waals surface area contributed by atoms with Crippen molar-refractivity contribution >= 4 is 11.3 Å². The number of thiazole rings is 1. The number of nitrogens with one attached hydrogen (secondary N) is 1. The molecule has 1 unspecified atom stereocenters. The highest BCUT2D eigenvalue weighted by atomic mass is 32.1. The molecule has 5 nitrogen and oxygen atoms in total. The third-order valence-corrected chi connectivity index (χ3v) is 4.39. The van der Waals surface area contributed by atoms with Gasteiger partial charge in [0.05, 0.1) is 16.7 Å². The van der Waals surface area contributed by atoms with Crippen molar-refractivity contribution in [2.75, 3.05) is 0 Å². The molecule has 2 heterocycles. The fraction of sp³-hybridized carbons (Fsp3) is 0.312. The topological polar surface area (TPSA) is 55.6 Å². The molecule has 6 heteroatoms. The minimum Gasteiger partial charge on any atom is -0.303 e. The molecule has 3 aromatic rings. The van der Waals surface area contributed by atoms with Crippen LogP contribution in [0.25, 0.3) is 11.3 Å². The lowest BCUT2D eigenvalue weighted by Crippen LogP contribution is -2.21. The van der Waals surface area contributed by atoms with E-state index in [-0.39, 0.29) is 6.04 Å². The van der Waals surface area contributed by atoms with Crippen LogP contribution in [0, 0.1) is 6.92 Å². The van der Waals surface area contributed by atoms with Gasteiger partial charge in [-0.1, -0.05) is 24.3 Å². The van der Waals surface area contributed by atoms with Crippen LogP contribution in [0.3, 0.4) is 0 Å². The summed E-state index contributed by atoms with van der Waals surface area (Å²) >= 11 is 1.68. The smallest absolute Gasteiger partial charge is 0.143 e. The Hall–Kier alpha value is -2.05. The van der Waals surface area contributed by atoms with Crippen molar-refractivity contribution in [1.82, 2.24) is 25.1 Å². The average molecular weight is 313 g/mol. The van der Waals surface area contributed by atoms with Gasteiger partial charge in [-0.3, -0.25) is 4.68 Å². The molecule has 0 aliphatic rings. The SMILES string of the molecule is Cc1nc(-c2ccc(CNC(C)c3ncnn3C)cc2)cs1. The van der Waals surface area contributed by atoms with Gasteiger partial charge in [-0.05, 0) is 19.4 Å². The number of hydrogen-bond donors (Lipinski definition) is 1. The molecular weight excluding hydrogens is 294 g/mol. The Balaban J connectivity index is 1.63. The highest BCUT2D eigenvalue weighted by Gasteiger charge is 2.10. The molecule has 3 rings (SSSR count). The Morgan fingerprint density at radius 1 is 1.27 bits per heavy atom. The van der Waals surface area contributed by atoms with Crippen LogP contribution in [0.5, 0.6) is 0 Å². The molecule has 0 aliphatic carbocycles. The molecule has 2 aromatic heterocycles. The van der Waals surface area contributed by atoms with Crippen LogP contribution < -0.4 is 5.32 Å². The fourth-order valence-electron chi connectivity index (χ4n) is 2.35. The highest BCUT2D eigenvalue weighted by molar-refractivity contribution is 7.09. The summed E-state index contributed by atoms with van der Waals surface area (Å²) in [5, 5.41) is 10.8. The Labute approximate surface area is 134 Å². The van der Waals surface area contributed by atoms with E-state index in [9.17, 15) is 0 Å². The fourth-order valence-corrected chi connectivity index (χ4v) is 2.97. The van der Waals surface area contributed by atoms with Crippen LogP contribution in [0.1, 0.15) is 29.4 Å². The monoisotopic (exact) mass is 313 g/mol. The summed E-state index contributed by atoms with van der Waals surface area (Å²) in [6.07, 6.45) is 1.58. The van der Waals surface area contributed by atoms with Crippen molar-refractivity contribution in [3.05, 3.63) is 52.4 Å². The van der Waals surface area contributed by atoms with E-state index in [2.05, 4.69) is 57.0 Å². The second kappa shape index (κ2) is 6.37. The Bertz CT molecular complexity index is 744. The Kier molecular flexibility index (Phi) is 4.31. The van der Waals surface area contributed by atoms with Crippen LogP contribution >= 0.6 is 11.3 Å². The van der Waals surface area contributed by atoms with E-state index < -0.39 is 0 Å². The third kappa shape index (κ3) is 3.23. The van der Waals surface area contributed by atoms with Crippen LogP contribution in [-0.4, -0.2) is 19.7 Å². The number of nitrogens with zero attached hydrogens (tertiary/aromatic N) is 4. The van der Waals surface area contributed by atoms with Crippen molar-refractivity contribution in [1.29, 1.82) is 0 Å². The molecule has 22 heavy (non-hydrogen) atoms. The van der Waals surface area contributed by atoms with E-state index in [4.69, 9.17) is 0 Å². The largest absolute Gasteiger partial charge is 0.303 e. The van der Waals surface area contributed by atoms with E-state index in [1.807, 2.05) is 14.0 Å². The molecule has 0 amide bonds. The second-order valence-electron chi connectivity index (χ2n) is 5.29. The molecule has 0 fully saturated rings. The standard InChI is InChI=1S/C16H19N5S/c1-11(16-18-10-19-21(16)3)17-8-13-4-6-14(7-5-13)15-9-22-12(2)20-15/h4-7,9-11,17H,8H2,1-3H3. The number of rotatable bonds is 5. The molecule has 1 N–H and O–H groups in total. The normalized spacial score (nSPS) is 12.5. The summed E-state index contributed by atoms with van der Waals surface area (Å²) < 4.78 is 1.80. The van der Waals surface area contributed by atoms with Gasteiger partial charge in [0.15, 0.2) is 0 Å². The first kappa shape index (κ1) is 14.9. The minimum atomic E-state index is 0.161.